The number of carboxylic acid groups (broad SMARTS) is 2. The van der Waals surface area contributed by atoms with Gasteiger partial charge in [0.25, 0.3) is 0 Å². The molecule has 7 nitrogen and oxygen atoms in total. The molecular weight excluding hydrogens is 292 g/mol. The summed E-state index contributed by atoms with van der Waals surface area (Å²) in [6.45, 7) is 2.02. The molecule has 0 spiro atoms. The lowest BCUT2D eigenvalue weighted by molar-refractivity contribution is -0.134. The fraction of sp³-hybridized carbons (Fsp3) is 0.267. The lowest BCUT2D eigenvalue weighted by Crippen LogP contribution is -2.06. The third-order valence-electron chi connectivity index (χ3n) is 2.17. The molecule has 0 bridgehead atoms. The van der Waals surface area contributed by atoms with Crippen molar-refractivity contribution < 1.29 is 34.4 Å². The molecule has 0 amide bonds. The number of aromatic hydroxyl groups is 1. The molecule has 0 saturated carbocycles. The molecule has 1 aromatic rings. The highest BCUT2D eigenvalue weighted by Gasteiger charge is 2.03. The number of hydrogen-bond donors (Lipinski definition) is 3. The molecule has 1 aromatic carbocycles. The number of phenols is 1. The van der Waals surface area contributed by atoms with Gasteiger partial charge in [-0.2, -0.15) is 0 Å². The maximum atomic E-state index is 11.2. The SMILES string of the molecule is CCCCC(=O)Oc1ccc(O)cc1.O=C(O)/C=C/C(=O)O. The fourth-order valence-electron chi connectivity index (χ4n) is 1.16. The van der Waals surface area contributed by atoms with E-state index in [1.165, 1.54) is 12.1 Å². The molecule has 0 fully saturated rings. The summed E-state index contributed by atoms with van der Waals surface area (Å²) in [4.78, 5) is 30.3. The summed E-state index contributed by atoms with van der Waals surface area (Å²) in [5.74, 6) is -2.10. The third kappa shape index (κ3) is 11.0. The summed E-state index contributed by atoms with van der Waals surface area (Å²) < 4.78 is 5.02. The van der Waals surface area contributed by atoms with Crippen molar-refractivity contribution in [1.82, 2.24) is 0 Å². The van der Waals surface area contributed by atoms with Crippen LogP contribution in [0.5, 0.6) is 11.5 Å². The first-order valence-electron chi connectivity index (χ1n) is 6.48. The number of carbonyl (C=O) groups is 3. The summed E-state index contributed by atoms with van der Waals surface area (Å²) >= 11 is 0. The van der Waals surface area contributed by atoms with Crippen molar-refractivity contribution in [2.24, 2.45) is 0 Å². The van der Waals surface area contributed by atoms with Crippen LogP contribution < -0.4 is 4.74 Å². The largest absolute Gasteiger partial charge is 0.508 e. The van der Waals surface area contributed by atoms with Gasteiger partial charge in [0.1, 0.15) is 11.5 Å². The van der Waals surface area contributed by atoms with E-state index in [-0.39, 0.29) is 11.7 Å². The number of carbonyl (C=O) groups excluding carboxylic acids is 1. The first kappa shape index (κ1) is 19.2. The Kier molecular flexibility index (Phi) is 9.50. The first-order chi connectivity index (χ1) is 10.3. The van der Waals surface area contributed by atoms with Crippen molar-refractivity contribution in [3.05, 3.63) is 36.4 Å². The van der Waals surface area contributed by atoms with Gasteiger partial charge in [-0.1, -0.05) is 13.3 Å². The normalized spacial score (nSPS) is 9.68. The first-order valence-corrected chi connectivity index (χ1v) is 6.48. The predicted molar refractivity (Wildman–Crippen MR) is 77.7 cm³/mol. The van der Waals surface area contributed by atoms with E-state index in [9.17, 15) is 14.4 Å². The van der Waals surface area contributed by atoms with Crippen molar-refractivity contribution in [1.29, 1.82) is 0 Å². The van der Waals surface area contributed by atoms with Gasteiger partial charge < -0.3 is 20.1 Å². The van der Waals surface area contributed by atoms with Gasteiger partial charge in [-0.15, -0.1) is 0 Å². The fourth-order valence-corrected chi connectivity index (χ4v) is 1.16. The van der Waals surface area contributed by atoms with Crippen LogP contribution in [0, 0.1) is 0 Å². The van der Waals surface area contributed by atoms with E-state index in [0.717, 1.165) is 12.8 Å². The van der Waals surface area contributed by atoms with E-state index >= 15 is 0 Å². The smallest absolute Gasteiger partial charge is 0.328 e. The number of unbranched alkanes of at least 4 members (excludes halogenated alkanes) is 1. The molecule has 3 N–H and O–H groups in total. The molecule has 0 aliphatic carbocycles. The van der Waals surface area contributed by atoms with Gasteiger partial charge >= 0.3 is 17.9 Å². The van der Waals surface area contributed by atoms with Crippen molar-refractivity contribution in [2.75, 3.05) is 0 Å². The zero-order valence-electron chi connectivity index (χ0n) is 12.1. The number of esters is 1. The van der Waals surface area contributed by atoms with Crippen LogP contribution in [0.15, 0.2) is 36.4 Å². The highest BCUT2D eigenvalue weighted by molar-refractivity contribution is 5.89. The average Bonchev–Trinajstić information content (AvgIpc) is 2.46. The molecule has 1 rings (SSSR count). The molecule has 0 aliphatic rings. The van der Waals surface area contributed by atoms with Crippen LogP contribution in [-0.4, -0.2) is 33.2 Å². The van der Waals surface area contributed by atoms with E-state index in [4.69, 9.17) is 20.1 Å². The van der Waals surface area contributed by atoms with Crippen LogP contribution in [-0.2, 0) is 14.4 Å². The van der Waals surface area contributed by atoms with Gasteiger partial charge in [-0.05, 0) is 30.7 Å². The summed E-state index contributed by atoms with van der Waals surface area (Å²) in [6, 6.07) is 6.11. The van der Waals surface area contributed by atoms with Crippen molar-refractivity contribution in [3.8, 4) is 11.5 Å². The maximum absolute atomic E-state index is 11.2. The van der Waals surface area contributed by atoms with E-state index in [0.29, 0.717) is 24.3 Å². The van der Waals surface area contributed by atoms with Gasteiger partial charge in [-0.25, -0.2) is 9.59 Å². The lowest BCUT2D eigenvalue weighted by atomic mass is 10.2. The molecule has 0 unspecified atom stereocenters. The van der Waals surface area contributed by atoms with Crippen LogP contribution in [0.2, 0.25) is 0 Å². The Balaban J connectivity index is 0.000000472. The number of aliphatic carboxylic acids is 2. The Labute approximate surface area is 127 Å². The number of hydrogen-bond acceptors (Lipinski definition) is 5. The quantitative estimate of drug-likeness (QED) is 0.418. The number of rotatable bonds is 6. The zero-order chi connectivity index (χ0) is 17.0. The second kappa shape index (κ2) is 10.9. The Morgan fingerprint density at radius 3 is 1.95 bits per heavy atom. The molecule has 0 heterocycles. The predicted octanol–water partition coefficient (Wildman–Crippen LogP) is 2.20. The molecule has 120 valence electrons. The van der Waals surface area contributed by atoms with Crippen LogP contribution in [0.1, 0.15) is 26.2 Å². The molecule has 0 atom stereocenters. The van der Waals surface area contributed by atoms with Crippen LogP contribution in [0.3, 0.4) is 0 Å². The van der Waals surface area contributed by atoms with E-state index < -0.39 is 11.9 Å². The van der Waals surface area contributed by atoms with Crippen molar-refractivity contribution in [2.45, 2.75) is 26.2 Å². The van der Waals surface area contributed by atoms with Crippen molar-refractivity contribution in [3.63, 3.8) is 0 Å². The molecule has 0 radical (unpaired) electrons. The molecular formula is C15H18O7. The van der Waals surface area contributed by atoms with Gasteiger partial charge in [-0.3, -0.25) is 4.79 Å². The van der Waals surface area contributed by atoms with Gasteiger partial charge in [0.15, 0.2) is 0 Å². The third-order valence-corrected chi connectivity index (χ3v) is 2.17. The summed E-state index contributed by atoms with van der Waals surface area (Å²) in [5, 5.41) is 24.6. The summed E-state index contributed by atoms with van der Waals surface area (Å²) in [6.07, 6.45) is 3.38. The second-order valence-corrected chi connectivity index (χ2v) is 4.08. The van der Waals surface area contributed by atoms with Crippen LogP contribution in [0.4, 0.5) is 0 Å². The van der Waals surface area contributed by atoms with E-state index in [1.807, 2.05) is 6.92 Å². The Morgan fingerprint density at radius 2 is 1.55 bits per heavy atom. The molecule has 7 heteroatoms. The highest BCUT2D eigenvalue weighted by atomic mass is 16.5. The number of benzene rings is 1. The Bertz CT molecular complexity index is 501. The van der Waals surface area contributed by atoms with Gasteiger partial charge in [0.2, 0.25) is 0 Å². The van der Waals surface area contributed by atoms with Crippen LogP contribution in [0.25, 0.3) is 0 Å². The van der Waals surface area contributed by atoms with Crippen molar-refractivity contribution >= 4 is 17.9 Å². The Hall–Kier alpha value is -2.83. The monoisotopic (exact) mass is 310 g/mol. The summed E-state index contributed by atoms with van der Waals surface area (Å²) in [7, 11) is 0. The maximum Gasteiger partial charge on any atom is 0.328 e. The minimum atomic E-state index is -1.26. The van der Waals surface area contributed by atoms with Gasteiger partial charge in [0.05, 0.1) is 0 Å². The van der Waals surface area contributed by atoms with E-state index in [2.05, 4.69) is 0 Å². The zero-order valence-corrected chi connectivity index (χ0v) is 12.1. The molecule has 0 aliphatic heterocycles. The topological polar surface area (TPSA) is 121 Å². The lowest BCUT2D eigenvalue weighted by Gasteiger charge is -2.03. The summed E-state index contributed by atoms with van der Waals surface area (Å²) in [5.41, 5.74) is 0. The standard InChI is InChI=1S/C11H14O3.C4H4O4/c1-2-3-4-11(13)14-10-7-5-9(12)6-8-10;5-3(6)1-2-4(7)8/h5-8,12H,2-4H2,1H3;1-2H,(H,5,6)(H,7,8)/b;2-1+. The molecule has 22 heavy (non-hydrogen) atoms. The van der Waals surface area contributed by atoms with Crippen LogP contribution >= 0.6 is 0 Å². The van der Waals surface area contributed by atoms with Gasteiger partial charge in [0, 0.05) is 18.6 Å². The number of ether oxygens (including phenoxy) is 1. The molecule has 0 saturated heterocycles. The minimum Gasteiger partial charge on any atom is -0.508 e. The van der Waals surface area contributed by atoms with E-state index in [1.54, 1.807) is 12.1 Å². The molecule has 0 aromatic heterocycles. The number of phenolic OH excluding ortho intramolecular Hbond substituents is 1. The second-order valence-electron chi connectivity index (χ2n) is 4.08. The highest BCUT2D eigenvalue weighted by Crippen LogP contribution is 2.16. The Morgan fingerprint density at radius 1 is 1.05 bits per heavy atom. The average molecular weight is 310 g/mol. The number of carboxylic acids is 2. The minimum absolute atomic E-state index is 0.165.